The molecule has 0 saturated carbocycles. The van der Waals surface area contributed by atoms with Gasteiger partial charge in [0.05, 0.1) is 11.4 Å². The zero-order valence-electron chi connectivity index (χ0n) is 28.4. The highest BCUT2D eigenvalue weighted by atomic mass is 32.2. The third kappa shape index (κ3) is 12.0. The Morgan fingerprint density at radius 3 is 2.32 bits per heavy atom. The largest absolute Gasteiger partial charge is 0.392 e. The van der Waals surface area contributed by atoms with Gasteiger partial charge in [-0.1, -0.05) is 80.1 Å². The molecular formula is C38H52FN5O2S. The Kier molecular flexibility index (Phi) is 15.2. The van der Waals surface area contributed by atoms with E-state index in [1.165, 1.54) is 30.7 Å². The van der Waals surface area contributed by atoms with Gasteiger partial charge in [0.15, 0.2) is 0 Å². The fourth-order valence-corrected chi connectivity index (χ4v) is 6.85. The number of sulfonamides is 1. The summed E-state index contributed by atoms with van der Waals surface area (Å²) in [6, 6.07) is 20.5. The number of allylic oxidation sites excluding steroid dienone is 3. The molecule has 9 heteroatoms. The molecule has 7 nitrogen and oxygen atoms in total. The monoisotopic (exact) mass is 661 g/mol. The van der Waals surface area contributed by atoms with Gasteiger partial charge in [0.1, 0.15) is 11.7 Å². The highest BCUT2D eigenvalue weighted by Gasteiger charge is 2.22. The van der Waals surface area contributed by atoms with Crippen LogP contribution in [-0.4, -0.2) is 45.8 Å². The molecule has 5 N–H and O–H groups in total. The molecule has 1 saturated heterocycles. The van der Waals surface area contributed by atoms with Crippen molar-refractivity contribution in [1.82, 2.24) is 14.9 Å². The third-order valence-electron chi connectivity index (χ3n) is 8.39. The SMILES string of the molecule is CC/C=C(\CCCC1CCN(/C(=C/CC)CNS(=O)(=O)c2cccc(-c3ccccc3F)c2)CC1)NC.Cc1cccc(C(=N)N)c1. The molecule has 1 fully saturated rings. The number of likely N-dealkylation sites (tertiary alicyclic amines) is 1. The van der Waals surface area contributed by atoms with Crippen LogP contribution in [0.25, 0.3) is 11.1 Å². The Labute approximate surface area is 281 Å². The van der Waals surface area contributed by atoms with Gasteiger partial charge in [0.2, 0.25) is 10.0 Å². The second kappa shape index (κ2) is 19.0. The summed E-state index contributed by atoms with van der Waals surface area (Å²) >= 11 is 0. The topological polar surface area (TPSA) is 111 Å². The predicted octanol–water partition coefficient (Wildman–Crippen LogP) is 7.74. The molecule has 4 rings (SSSR count). The first kappa shape index (κ1) is 37.5. The van der Waals surface area contributed by atoms with E-state index in [2.05, 4.69) is 40.9 Å². The second-order valence-electron chi connectivity index (χ2n) is 11.9. The number of aryl methyl sites for hydroxylation is 1. The molecule has 0 radical (unpaired) electrons. The molecule has 0 spiro atoms. The van der Waals surface area contributed by atoms with E-state index in [4.69, 9.17) is 11.1 Å². The van der Waals surface area contributed by atoms with Gasteiger partial charge in [-0.25, -0.2) is 17.5 Å². The quantitative estimate of drug-likeness (QED) is 0.104. The fourth-order valence-electron chi connectivity index (χ4n) is 5.81. The van der Waals surface area contributed by atoms with Crippen molar-refractivity contribution in [2.75, 3.05) is 26.7 Å². The number of piperidine rings is 1. The summed E-state index contributed by atoms with van der Waals surface area (Å²) in [7, 11) is -1.75. The molecule has 47 heavy (non-hydrogen) atoms. The minimum atomic E-state index is -3.75. The first-order valence-electron chi connectivity index (χ1n) is 16.6. The number of nitrogens with zero attached hydrogens (tertiary/aromatic N) is 1. The Bertz CT molecular complexity index is 1610. The molecule has 0 atom stereocenters. The highest BCUT2D eigenvalue weighted by Crippen LogP contribution is 2.27. The number of hydrogen-bond donors (Lipinski definition) is 4. The molecular weight excluding hydrogens is 610 g/mol. The molecule has 254 valence electrons. The maximum Gasteiger partial charge on any atom is 0.240 e. The van der Waals surface area contributed by atoms with Crippen molar-refractivity contribution in [3.8, 4) is 11.1 Å². The standard InChI is InChI=1S/C30H42FN3O2S.C8H10N2/c1-4-10-26(32-3)14-8-12-24-18-20-34(21-19-24)27(11-5-2)23-33-37(35,36)28-15-9-13-25(22-28)29-16-6-7-17-30(29)31;1-6-3-2-4-7(5-6)8(9)10/h6-7,9-11,13,15-17,22,24,32-33H,4-5,8,12,14,18-21,23H2,1-3H3;2-5H,1H3,(H3,9,10)/b26-10+,27-11+;. The molecule has 0 amide bonds. The van der Waals surface area contributed by atoms with Crippen molar-refractivity contribution in [3.05, 3.63) is 113 Å². The van der Waals surface area contributed by atoms with Crippen LogP contribution in [0.5, 0.6) is 0 Å². The molecule has 0 unspecified atom stereocenters. The Balaban J connectivity index is 0.000000511. The van der Waals surface area contributed by atoms with Gasteiger partial charge in [-0.05, 0) is 87.6 Å². The Hall–Kier alpha value is -3.95. The van der Waals surface area contributed by atoms with Crippen LogP contribution in [0.1, 0.15) is 69.9 Å². The van der Waals surface area contributed by atoms with E-state index in [0.29, 0.717) is 11.1 Å². The van der Waals surface area contributed by atoms with Crippen molar-refractivity contribution < 1.29 is 12.8 Å². The fraction of sp³-hybridized carbons (Fsp3) is 0.395. The minimum absolute atomic E-state index is 0.128. The highest BCUT2D eigenvalue weighted by molar-refractivity contribution is 7.89. The summed E-state index contributed by atoms with van der Waals surface area (Å²) in [5, 5.41) is 10.4. The maximum absolute atomic E-state index is 14.2. The van der Waals surface area contributed by atoms with Crippen molar-refractivity contribution in [2.45, 2.75) is 70.6 Å². The summed E-state index contributed by atoms with van der Waals surface area (Å²) in [5.74, 6) is 0.474. The molecule has 1 heterocycles. The smallest absolute Gasteiger partial charge is 0.240 e. The summed E-state index contributed by atoms with van der Waals surface area (Å²) < 4.78 is 43.3. The second-order valence-corrected chi connectivity index (χ2v) is 13.7. The molecule has 1 aliphatic rings. The number of benzene rings is 3. The van der Waals surface area contributed by atoms with Gasteiger partial charge in [0.25, 0.3) is 0 Å². The van der Waals surface area contributed by atoms with Gasteiger partial charge < -0.3 is 16.0 Å². The number of amidine groups is 1. The van der Waals surface area contributed by atoms with Crippen molar-refractivity contribution >= 4 is 15.9 Å². The van der Waals surface area contributed by atoms with Gasteiger partial charge in [0, 0.05) is 42.7 Å². The summed E-state index contributed by atoms with van der Waals surface area (Å²) in [6.45, 7) is 8.36. The van der Waals surface area contributed by atoms with Crippen LogP contribution in [0.4, 0.5) is 4.39 Å². The van der Waals surface area contributed by atoms with Gasteiger partial charge in [-0.3, -0.25) is 5.41 Å². The van der Waals surface area contributed by atoms with Crippen LogP contribution in [0, 0.1) is 24.1 Å². The lowest BCUT2D eigenvalue weighted by Gasteiger charge is -2.35. The van der Waals surface area contributed by atoms with Gasteiger partial charge in [-0.2, -0.15) is 0 Å². The molecule has 0 aromatic heterocycles. The number of halogens is 1. The lowest BCUT2D eigenvalue weighted by atomic mass is 9.91. The third-order valence-corrected chi connectivity index (χ3v) is 9.79. The molecule has 1 aliphatic heterocycles. The van der Waals surface area contributed by atoms with Crippen LogP contribution in [0.3, 0.4) is 0 Å². The van der Waals surface area contributed by atoms with Crippen molar-refractivity contribution in [1.29, 1.82) is 5.41 Å². The number of nitrogens with one attached hydrogen (secondary N) is 3. The van der Waals surface area contributed by atoms with Crippen LogP contribution in [-0.2, 0) is 10.0 Å². The summed E-state index contributed by atoms with van der Waals surface area (Å²) in [6.07, 6.45) is 12.1. The number of nitrogen functional groups attached to an aromatic ring is 1. The lowest BCUT2D eigenvalue weighted by molar-refractivity contribution is 0.213. The van der Waals surface area contributed by atoms with E-state index in [9.17, 15) is 12.8 Å². The van der Waals surface area contributed by atoms with E-state index in [-0.39, 0.29) is 23.1 Å². The predicted molar refractivity (Wildman–Crippen MR) is 193 cm³/mol. The van der Waals surface area contributed by atoms with Crippen molar-refractivity contribution in [3.63, 3.8) is 0 Å². The molecule has 3 aromatic rings. The Morgan fingerprint density at radius 2 is 1.70 bits per heavy atom. The van der Waals surface area contributed by atoms with Gasteiger partial charge in [-0.15, -0.1) is 0 Å². The average molecular weight is 662 g/mol. The zero-order valence-corrected chi connectivity index (χ0v) is 29.2. The summed E-state index contributed by atoms with van der Waals surface area (Å²) in [4.78, 5) is 2.47. The van der Waals surface area contributed by atoms with Gasteiger partial charge >= 0.3 is 0 Å². The van der Waals surface area contributed by atoms with E-state index in [1.807, 2.05) is 38.2 Å². The van der Waals surface area contributed by atoms with Crippen LogP contribution in [0.2, 0.25) is 0 Å². The normalized spacial score (nSPS) is 14.4. The van der Waals surface area contributed by atoms with Crippen LogP contribution in [0.15, 0.2) is 101 Å². The number of nitrogens with two attached hydrogens (primary N) is 1. The molecule has 3 aromatic carbocycles. The lowest BCUT2D eigenvalue weighted by Crippen LogP contribution is -2.38. The van der Waals surface area contributed by atoms with Crippen molar-refractivity contribution in [2.24, 2.45) is 11.7 Å². The number of hydrogen-bond acceptors (Lipinski definition) is 5. The molecule has 0 aliphatic carbocycles. The molecule has 0 bridgehead atoms. The van der Waals surface area contributed by atoms with E-state index in [1.54, 1.807) is 36.4 Å². The van der Waals surface area contributed by atoms with Crippen LogP contribution < -0.4 is 15.8 Å². The average Bonchev–Trinajstić information content (AvgIpc) is 3.07. The summed E-state index contributed by atoms with van der Waals surface area (Å²) in [5.41, 5.74) is 10.5. The van der Waals surface area contributed by atoms with Crippen LogP contribution >= 0.6 is 0 Å². The van der Waals surface area contributed by atoms with E-state index >= 15 is 0 Å². The Morgan fingerprint density at radius 1 is 1.00 bits per heavy atom. The van der Waals surface area contributed by atoms with E-state index < -0.39 is 10.0 Å². The first-order valence-corrected chi connectivity index (χ1v) is 18.1. The van der Waals surface area contributed by atoms with E-state index in [0.717, 1.165) is 67.9 Å². The zero-order chi connectivity index (χ0) is 34.2. The number of rotatable bonds is 14. The first-order chi connectivity index (χ1) is 22.6. The minimum Gasteiger partial charge on any atom is -0.392 e. The maximum atomic E-state index is 14.2.